The van der Waals surface area contributed by atoms with Crippen molar-refractivity contribution in [3.63, 3.8) is 0 Å². The van der Waals surface area contributed by atoms with Gasteiger partial charge in [0, 0.05) is 12.6 Å². The molecule has 1 aromatic heterocycles. The lowest BCUT2D eigenvalue weighted by atomic mass is 10.0. The van der Waals surface area contributed by atoms with Gasteiger partial charge < -0.3 is 15.2 Å². The van der Waals surface area contributed by atoms with Crippen LogP contribution in [-0.2, 0) is 4.79 Å². The van der Waals surface area contributed by atoms with Gasteiger partial charge in [0.2, 0.25) is 5.91 Å². The Balaban J connectivity index is 1.97. The molecule has 0 saturated heterocycles. The molecule has 0 radical (unpaired) electrons. The standard InChI is InChI=1S/C19H14ClF2N3O3/c1-9-16(18(25-28-9)17-12(20)4-3-5-14(17)22)19(27)24-11-6-7-13(21)15(8-11)23-10(2)26/h3-8H,1-2H3,(H,23,26)(H,24,27). The van der Waals surface area contributed by atoms with E-state index in [-0.39, 0.29) is 39.0 Å². The zero-order valence-corrected chi connectivity index (χ0v) is 15.5. The fraction of sp³-hybridized carbons (Fsp3) is 0.105. The van der Waals surface area contributed by atoms with Gasteiger partial charge in [-0.2, -0.15) is 0 Å². The average Bonchev–Trinajstić information content (AvgIpc) is 2.98. The van der Waals surface area contributed by atoms with E-state index in [1.165, 1.54) is 44.2 Å². The van der Waals surface area contributed by atoms with E-state index in [1.54, 1.807) is 0 Å². The third-order valence-electron chi connectivity index (χ3n) is 3.82. The van der Waals surface area contributed by atoms with Gasteiger partial charge >= 0.3 is 0 Å². The molecule has 0 aliphatic carbocycles. The minimum atomic E-state index is -0.662. The molecule has 3 aromatic rings. The van der Waals surface area contributed by atoms with E-state index in [9.17, 15) is 18.4 Å². The topological polar surface area (TPSA) is 84.2 Å². The number of halogens is 3. The molecule has 0 aliphatic rings. The van der Waals surface area contributed by atoms with Gasteiger partial charge in [0.25, 0.3) is 5.91 Å². The van der Waals surface area contributed by atoms with Crippen LogP contribution in [0.4, 0.5) is 20.2 Å². The molecule has 1 heterocycles. The largest absolute Gasteiger partial charge is 0.360 e. The van der Waals surface area contributed by atoms with Crippen molar-refractivity contribution < 1.29 is 22.9 Å². The summed E-state index contributed by atoms with van der Waals surface area (Å²) in [5.41, 5.74) is -0.0186. The molecule has 0 spiro atoms. The molecular weight excluding hydrogens is 392 g/mol. The lowest BCUT2D eigenvalue weighted by molar-refractivity contribution is -0.114. The first-order valence-corrected chi connectivity index (χ1v) is 8.45. The second-order valence-electron chi connectivity index (χ2n) is 5.89. The van der Waals surface area contributed by atoms with E-state index >= 15 is 0 Å². The molecule has 0 fully saturated rings. The Bertz CT molecular complexity index is 1060. The van der Waals surface area contributed by atoms with Crippen molar-refractivity contribution in [3.8, 4) is 11.3 Å². The Morgan fingerprint density at radius 2 is 1.86 bits per heavy atom. The molecule has 2 N–H and O–H groups in total. The van der Waals surface area contributed by atoms with Crippen molar-refractivity contribution in [1.29, 1.82) is 0 Å². The van der Waals surface area contributed by atoms with Crippen LogP contribution in [0.3, 0.4) is 0 Å². The highest BCUT2D eigenvalue weighted by molar-refractivity contribution is 6.33. The van der Waals surface area contributed by atoms with E-state index in [0.717, 1.165) is 6.07 Å². The third-order valence-corrected chi connectivity index (χ3v) is 4.14. The van der Waals surface area contributed by atoms with E-state index in [2.05, 4.69) is 15.8 Å². The van der Waals surface area contributed by atoms with Crippen LogP contribution >= 0.6 is 11.6 Å². The molecule has 0 saturated carbocycles. The quantitative estimate of drug-likeness (QED) is 0.653. The van der Waals surface area contributed by atoms with Crippen molar-refractivity contribution in [3.05, 3.63) is 64.4 Å². The van der Waals surface area contributed by atoms with Crippen molar-refractivity contribution in [2.75, 3.05) is 10.6 Å². The summed E-state index contributed by atoms with van der Waals surface area (Å²) < 4.78 is 33.1. The Kier molecular flexibility index (Phi) is 5.41. The van der Waals surface area contributed by atoms with Gasteiger partial charge in [0.1, 0.15) is 28.7 Å². The SMILES string of the molecule is CC(=O)Nc1cc(NC(=O)c2c(-c3c(F)cccc3Cl)noc2C)ccc1F. The minimum Gasteiger partial charge on any atom is -0.360 e. The van der Waals surface area contributed by atoms with E-state index in [1.807, 2.05) is 0 Å². The molecule has 2 aromatic carbocycles. The maximum atomic E-state index is 14.3. The number of benzene rings is 2. The first kappa shape index (κ1) is 19.5. The third kappa shape index (κ3) is 3.86. The highest BCUT2D eigenvalue weighted by atomic mass is 35.5. The number of aromatic nitrogens is 1. The van der Waals surface area contributed by atoms with Crippen LogP contribution in [0.1, 0.15) is 23.0 Å². The second-order valence-corrected chi connectivity index (χ2v) is 6.30. The lowest BCUT2D eigenvalue weighted by Gasteiger charge is -2.10. The van der Waals surface area contributed by atoms with Crippen molar-refractivity contribution in [2.45, 2.75) is 13.8 Å². The van der Waals surface area contributed by atoms with Crippen LogP contribution in [0.15, 0.2) is 40.9 Å². The molecule has 144 valence electrons. The summed E-state index contributed by atoms with van der Waals surface area (Å²) in [5, 5.41) is 8.71. The maximum absolute atomic E-state index is 14.3. The molecule has 0 unspecified atom stereocenters. The van der Waals surface area contributed by atoms with E-state index in [4.69, 9.17) is 16.1 Å². The number of carbonyl (C=O) groups excluding carboxylic acids is 2. The maximum Gasteiger partial charge on any atom is 0.261 e. The predicted octanol–water partition coefficient (Wildman–Crippen LogP) is 4.79. The molecule has 3 rings (SSSR count). The Hall–Kier alpha value is -3.26. The zero-order chi connectivity index (χ0) is 20.4. The number of carbonyl (C=O) groups is 2. The molecule has 0 bridgehead atoms. The highest BCUT2D eigenvalue weighted by Crippen LogP contribution is 2.34. The fourth-order valence-corrected chi connectivity index (χ4v) is 2.87. The molecular formula is C19H14ClF2N3O3. The molecule has 2 amide bonds. The van der Waals surface area contributed by atoms with Gasteiger partial charge in [-0.15, -0.1) is 0 Å². The number of rotatable bonds is 4. The minimum absolute atomic E-state index is 0.0163. The molecule has 9 heteroatoms. The summed E-state index contributed by atoms with van der Waals surface area (Å²) in [5.74, 6) is -2.30. The fourth-order valence-electron chi connectivity index (χ4n) is 2.62. The van der Waals surface area contributed by atoms with Crippen LogP contribution < -0.4 is 10.6 Å². The number of anilines is 2. The van der Waals surface area contributed by atoms with Crippen LogP contribution in [0.2, 0.25) is 5.02 Å². The molecule has 0 aliphatic heterocycles. The van der Waals surface area contributed by atoms with Crippen molar-refractivity contribution in [2.24, 2.45) is 0 Å². The van der Waals surface area contributed by atoms with Crippen LogP contribution in [0.25, 0.3) is 11.3 Å². The molecule has 28 heavy (non-hydrogen) atoms. The Labute approximate surface area is 163 Å². The first-order valence-electron chi connectivity index (χ1n) is 8.07. The number of amides is 2. The van der Waals surface area contributed by atoms with Gasteiger partial charge in [0.05, 0.1) is 16.3 Å². The van der Waals surface area contributed by atoms with Crippen molar-refractivity contribution in [1.82, 2.24) is 5.16 Å². The number of hydrogen-bond donors (Lipinski definition) is 2. The highest BCUT2D eigenvalue weighted by Gasteiger charge is 2.25. The summed E-state index contributed by atoms with van der Waals surface area (Å²) in [4.78, 5) is 23.9. The monoisotopic (exact) mass is 405 g/mol. The van der Waals surface area contributed by atoms with Crippen LogP contribution in [0.5, 0.6) is 0 Å². The number of nitrogens with one attached hydrogen (secondary N) is 2. The van der Waals surface area contributed by atoms with Gasteiger partial charge in [-0.25, -0.2) is 8.78 Å². The van der Waals surface area contributed by atoms with Crippen molar-refractivity contribution >= 4 is 34.8 Å². The number of aryl methyl sites for hydroxylation is 1. The lowest BCUT2D eigenvalue weighted by Crippen LogP contribution is -2.14. The molecule has 0 atom stereocenters. The zero-order valence-electron chi connectivity index (χ0n) is 14.8. The summed E-state index contributed by atoms with van der Waals surface area (Å²) in [6.45, 7) is 2.73. The summed E-state index contributed by atoms with van der Waals surface area (Å²) >= 11 is 6.06. The molecule has 6 nitrogen and oxygen atoms in total. The van der Waals surface area contributed by atoms with Crippen LogP contribution in [0, 0.1) is 18.6 Å². The van der Waals surface area contributed by atoms with E-state index < -0.39 is 23.4 Å². The predicted molar refractivity (Wildman–Crippen MR) is 100 cm³/mol. The van der Waals surface area contributed by atoms with Gasteiger partial charge in [0.15, 0.2) is 0 Å². The first-order chi connectivity index (χ1) is 13.3. The van der Waals surface area contributed by atoms with Gasteiger partial charge in [-0.3, -0.25) is 9.59 Å². The van der Waals surface area contributed by atoms with Gasteiger partial charge in [-0.05, 0) is 37.3 Å². The second kappa shape index (κ2) is 7.77. The summed E-state index contributed by atoms with van der Waals surface area (Å²) in [7, 11) is 0. The smallest absolute Gasteiger partial charge is 0.261 e. The normalized spacial score (nSPS) is 10.6. The number of nitrogens with zero attached hydrogens (tertiary/aromatic N) is 1. The van der Waals surface area contributed by atoms with Gasteiger partial charge in [-0.1, -0.05) is 22.8 Å². The Morgan fingerprint density at radius 3 is 2.54 bits per heavy atom. The average molecular weight is 406 g/mol. The van der Waals surface area contributed by atoms with E-state index in [0.29, 0.717) is 0 Å². The number of hydrogen-bond acceptors (Lipinski definition) is 4. The Morgan fingerprint density at radius 1 is 1.11 bits per heavy atom. The summed E-state index contributed by atoms with van der Waals surface area (Å²) in [6, 6.07) is 7.74. The summed E-state index contributed by atoms with van der Waals surface area (Å²) in [6.07, 6.45) is 0. The van der Waals surface area contributed by atoms with Crippen LogP contribution in [-0.4, -0.2) is 17.0 Å².